The van der Waals surface area contributed by atoms with E-state index in [1.54, 1.807) is 44.2 Å². The molecule has 0 bridgehead atoms. The fraction of sp³-hybridized carbons (Fsp3) is 0.294. The molecule has 0 aromatic heterocycles. The highest BCUT2D eigenvalue weighted by Gasteiger charge is 2.15. The molecule has 0 atom stereocenters. The highest BCUT2D eigenvalue weighted by molar-refractivity contribution is 7.89. The fourth-order valence-electron chi connectivity index (χ4n) is 2.43. The third-order valence-electron chi connectivity index (χ3n) is 3.66. The van der Waals surface area contributed by atoms with Crippen LogP contribution in [-0.2, 0) is 25.8 Å². The Morgan fingerprint density at radius 3 is 2.27 bits per heavy atom. The van der Waals surface area contributed by atoms with Gasteiger partial charge in [-0.05, 0) is 42.7 Å². The van der Waals surface area contributed by atoms with Crippen LogP contribution in [0.25, 0.3) is 0 Å². The highest BCUT2D eigenvalue weighted by Crippen LogP contribution is 2.25. The zero-order valence-corrected chi connectivity index (χ0v) is 16.2. The molecule has 0 spiro atoms. The van der Waals surface area contributed by atoms with E-state index in [1.165, 1.54) is 6.07 Å². The molecular weight excluding hydrogens is 376 g/mol. The fourth-order valence-corrected chi connectivity index (χ4v) is 4.40. The smallest absolute Gasteiger partial charge is 0.238 e. The monoisotopic (exact) mass is 398 g/mol. The normalized spacial score (nSPS) is 12.1. The number of ether oxygens (including phenoxy) is 1. The van der Waals surface area contributed by atoms with E-state index >= 15 is 0 Å². The number of aryl methyl sites for hydroxylation is 2. The predicted octanol–water partition coefficient (Wildman–Crippen LogP) is 1.45. The van der Waals surface area contributed by atoms with Crippen molar-refractivity contribution in [2.45, 2.75) is 24.5 Å². The van der Waals surface area contributed by atoms with Crippen LogP contribution in [0.1, 0.15) is 16.7 Å². The van der Waals surface area contributed by atoms with Crippen molar-refractivity contribution in [3.05, 3.63) is 59.2 Å². The summed E-state index contributed by atoms with van der Waals surface area (Å²) in [4.78, 5) is 0.0471. The summed E-state index contributed by atoms with van der Waals surface area (Å²) < 4.78 is 55.1. The third kappa shape index (κ3) is 5.80. The summed E-state index contributed by atoms with van der Waals surface area (Å²) in [6, 6.07) is 11.9. The third-order valence-corrected chi connectivity index (χ3v) is 6.07. The van der Waals surface area contributed by atoms with E-state index in [0.717, 1.165) is 0 Å². The maximum atomic E-state index is 12.0. The molecule has 2 aromatic rings. The second-order valence-corrected chi connectivity index (χ2v) is 9.25. The lowest BCUT2D eigenvalue weighted by Crippen LogP contribution is -2.29. The van der Waals surface area contributed by atoms with E-state index in [9.17, 15) is 16.8 Å². The molecule has 2 rings (SSSR count). The summed E-state index contributed by atoms with van der Waals surface area (Å²) in [7, 11) is -7.25. The van der Waals surface area contributed by atoms with Crippen molar-refractivity contribution < 1.29 is 21.6 Å². The van der Waals surface area contributed by atoms with Gasteiger partial charge in [0.25, 0.3) is 0 Å². The second kappa shape index (κ2) is 8.17. The zero-order valence-electron chi connectivity index (χ0n) is 14.6. The summed E-state index contributed by atoms with van der Waals surface area (Å²) in [5, 5.41) is 5.16. The summed E-state index contributed by atoms with van der Waals surface area (Å²) in [6.45, 7) is 3.53. The summed E-state index contributed by atoms with van der Waals surface area (Å²) in [6.07, 6.45) is 0. The van der Waals surface area contributed by atoms with E-state index in [4.69, 9.17) is 9.88 Å². The van der Waals surface area contributed by atoms with Crippen LogP contribution in [0.2, 0.25) is 0 Å². The number of primary sulfonamides is 1. The van der Waals surface area contributed by atoms with Crippen LogP contribution in [-0.4, -0.2) is 30.0 Å². The van der Waals surface area contributed by atoms with Gasteiger partial charge < -0.3 is 4.74 Å². The summed E-state index contributed by atoms with van der Waals surface area (Å²) in [5.41, 5.74) is 1.77. The minimum atomic E-state index is -3.79. The predicted molar refractivity (Wildman–Crippen MR) is 99.9 cm³/mol. The molecule has 142 valence electrons. The van der Waals surface area contributed by atoms with E-state index in [1.807, 2.05) is 6.07 Å². The molecule has 0 aliphatic rings. The second-order valence-electron chi connectivity index (χ2n) is 5.92. The van der Waals surface area contributed by atoms with Crippen molar-refractivity contribution in [1.82, 2.24) is 4.72 Å². The molecule has 26 heavy (non-hydrogen) atoms. The Kier molecular flexibility index (Phi) is 6.40. The lowest BCUT2D eigenvalue weighted by Gasteiger charge is -2.13. The summed E-state index contributed by atoms with van der Waals surface area (Å²) >= 11 is 0. The van der Waals surface area contributed by atoms with Gasteiger partial charge in [0.15, 0.2) is 0 Å². The van der Waals surface area contributed by atoms with Crippen LogP contribution in [0.3, 0.4) is 0 Å². The molecule has 7 nitrogen and oxygen atoms in total. The van der Waals surface area contributed by atoms with Gasteiger partial charge in [-0.3, -0.25) is 0 Å². The van der Waals surface area contributed by atoms with Gasteiger partial charge in [-0.15, -0.1) is 0 Å². The van der Waals surface area contributed by atoms with E-state index in [-0.39, 0.29) is 23.8 Å². The topological polar surface area (TPSA) is 116 Å². The van der Waals surface area contributed by atoms with Gasteiger partial charge in [0, 0.05) is 6.54 Å². The quantitative estimate of drug-likeness (QED) is 0.653. The maximum absolute atomic E-state index is 12.0. The van der Waals surface area contributed by atoms with Gasteiger partial charge in [0.1, 0.15) is 12.4 Å². The number of benzene rings is 2. The standard InChI is InChI=1S/C17H22N2O5S2/c1-13-11-17(26(18,22)23)14(2)10-16(13)24-9-8-19-25(20,21)12-15-6-4-3-5-7-15/h3-7,10-11,19H,8-9,12H2,1-2H3,(H2,18,22,23). The number of nitrogens with two attached hydrogens (primary N) is 1. The van der Waals surface area contributed by atoms with Crippen molar-refractivity contribution in [3.63, 3.8) is 0 Å². The Morgan fingerprint density at radius 1 is 1.00 bits per heavy atom. The molecule has 9 heteroatoms. The highest BCUT2D eigenvalue weighted by atomic mass is 32.2. The first-order valence-electron chi connectivity index (χ1n) is 7.86. The van der Waals surface area contributed by atoms with Crippen LogP contribution in [0.15, 0.2) is 47.4 Å². The molecule has 2 aromatic carbocycles. The first-order chi connectivity index (χ1) is 12.1. The SMILES string of the molecule is Cc1cc(S(N)(=O)=O)c(C)cc1OCCNS(=O)(=O)Cc1ccccc1. The van der Waals surface area contributed by atoms with Crippen LogP contribution < -0.4 is 14.6 Å². The van der Waals surface area contributed by atoms with Crippen LogP contribution in [0, 0.1) is 13.8 Å². The van der Waals surface area contributed by atoms with E-state index in [0.29, 0.717) is 22.4 Å². The molecule has 0 saturated carbocycles. The van der Waals surface area contributed by atoms with Gasteiger partial charge in [0.05, 0.1) is 10.6 Å². The molecule has 0 radical (unpaired) electrons. The minimum absolute atomic E-state index is 0.0471. The van der Waals surface area contributed by atoms with Crippen molar-refractivity contribution in [1.29, 1.82) is 0 Å². The van der Waals surface area contributed by atoms with Crippen molar-refractivity contribution in [3.8, 4) is 5.75 Å². The molecular formula is C17H22N2O5S2. The zero-order chi connectivity index (χ0) is 19.4. The summed E-state index contributed by atoms with van der Waals surface area (Å²) in [5.74, 6) is 0.381. The van der Waals surface area contributed by atoms with Gasteiger partial charge in [0.2, 0.25) is 20.0 Å². The molecule has 0 aliphatic carbocycles. The van der Waals surface area contributed by atoms with Crippen LogP contribution >= 0.6 is 0 Å². The van der Waals surface area contributed by atoms with Gasteiger partial charge >= 0.3 is 0 Å². The number of hydrogen-bond acceptors (Lipinski definition) is 5. The molecule has 0 unspecified atom stereocenters. The molecule has 0 aliphatic heterocycles. The number of hydrogen-bond donors (Lipinski definition) is 2. The van der Waals surface area contributed by atoms with Crippen molar-refractivity contribution >= 4 is 20.0 Å². The molecule has 0 fully saturated rings. The van der Waals surface area contributed by atoms with Gasteiger partial charge in [-0.2, -0.15) is 0 Å². The minimum Gasteiger partial charge on any atom is -0.492 e. The first kappa shape index (κ1) is 20.4. The first-order valence-corrected chi connectivity index (χ1v) is 11.1. The number of nitrogens with one attached hydrogen (secondary N) is 1. The Balaban J connectivity index is 1.93. The Labute approximate surface area is 154 Å². The van der Waals surface area contributed by atoms with Crippen LogP contribution in [0.5, 0.6) is 5.75 Å². The van der Waals surface area contributed by atoms with Crippen LogP contribution in [0.4, 0.5) is 0 Å². The van der Waals surface area contributed by atoms with Crippen molar-refractivity contribution in [2.75, 3.05) is 13.2 Å². The Bertz CT molecular complexity index is 972. The molecule has 0 amide bonds. The molecule has 0 heterocycles. The largest absolute Gasteiger partial charge is 0.492 e. The Morgan fingerprint density at radius 2 is 1.65 bits per heavy atom. The molecule has 0 saturated heterocycles. The lowest BCUT2D eigenvalue weighted by atomic mass is 10.1. The van der Waals surface area contributed by atoms with Gasteiger partial charge in [-0.1, -0.05) is 30.3 Å². The number of sulfonamides is 2. The van der Waals surface area contributed by atoms with Crippen molar-refractivity contribution in [2.24, 2.45) is 5.14 Å². The van der Waals surface area contributed by atoms with E-state index < -0.39 is 20.0 Å². The average molecular weight is 399 g/mol. The number of rotatable bonds is 8. The lowest BCUT2D eigenvalue weighted by molar-refractivity contribution is 0.320. The average Bonchev–Trinajstić information content (AvgIpc) is 2.53. The van der Waals surface area contributed by atoms with Gasteiger partial charge in [-0.25, -0.2) is 26.7 Å². The Hall–Kier alpha value is -1.94. The maximum Gasteiger partial charge on any atom is 0.238 e. The molecule has 3 N–H and O–H groups in total. The van der Waals surface area contributed by atoms with E-state index in [2.05, 4.69) is 4.72 Å².